The lowest BCUT2D eigenvalue weighted by Gasteiger charge is -2.17. The number of esters is 1. The zero-order valence-electron chi connectivity index (χ0n) is 17.3. The van der Waals surface area contributed by atoms with E-state index in [2.05, 4.69) is 4.72 Å². The van der Waals surface area contributed by atoms with Gasteiger partial charge in [-0.3, -0.25) is 0 Å². The third-order valence-electron chi connectivity index (χ3n) is 4.80. The van der Waals surface area contributed by atoms with Crippen LogP contribution in [-0.4, -0.2) is 20.4 Å². The predicted molar refractivity (Wildman–Crippen MR) is 118 cm³/mol. The van der Waals surface area contributed by atoms with Crippen LogP contribution in [-0.2, 0) is 21.2 Å². The molecule has 7 nitrogen and oxygen atoms in total. The molecule has 0 amide bonds. The van der Waals surface area contributed by atoms with Gasteiger partial charge in [0, 0.05) is 17.5 Å². The van der Waals surface area contributed by atoms with Gasteiger partial charge < -0.3 is 9.15 Å². The second-order valence-corrected chi connectivity index (χ2v) is 9.16. The highest BCUT2D eigenvalue weighted by Gasteiger charge is 2.27. The van der Waals surface area contributed by atoms with Crippen molar-refractivity contribution in [3.05, 3.63) is 69.0 Å². The Kier molecular flexibility index (Phi) is 6.83. The smallest absolute Gasteiger partial charge is 0.336 e. The van der Waals surface area contributed by atoms with Crippen molar-refractivity contribution >= 4 is 38.6 Å². The lowest BCUT2D eigenvalue weighted by molar-refractivity contribution is -0.136. The molecule has 0 fully saturated rings. The van der Waals surface area contributed by atoms with Crippen molar-refractivity contribution in [2.75, 3.05) is 0 Å². The maximum atomic E-state index is 12.7. The van der Waals surface area contributed by atoms with Crippen molar-refractivity contribution in [2.45, 2.75) is 44.6 Å². The quantitative estimate of drug-likeness (QED) is 0.323. The van der Waals surface area contributed by atoms with Gasteiger partial charge in [-0.25, -0.2) is 18.0 Å². The molecule has 1 atom stereocenters. The summed E-state index contributed by atoms with van der Waals surface area (Å²) in [5, 5.41) is 0.777. The zero-order chi connectivity index (χ0) is 22.8. The fourth-order valence-electron chi connectivity index (χ4n) is 3.05. The van der Waals surface area contributed by atoms with Crippen LogP contribution in [0.3, 0.4) is 0 Å². The van der Waals surface area contributed by atoms with Crippen molar-refractivity contribution in [2.24, 2.45) is 0 Å². The number of hydrogen-bond acceptors (Lipinski definition) is 6. The van der Waals surface area contributed by atoms with Crippen LogP contribution >= 0.6 is 11.6 Å². The van der Waals surface area contributed by atoms with Crippen LogP contribution in [0.5, 0.6) is 5.75 Å². The maximum Gasteiger partial charge on any atom is 0.336 e. The van der Waals surface area contributed by atoms with E-state index >= 15 is 0 Å². The highest BCUT2D eigenvalue weighted by Crippen LogP contribution is 2.31. The summed E-state index contributed by atoms with van der Waals surface area (Å²) < 4.78 is 38.2. The van der Waals surface area contributed by atoms with Gasteiger partial charge in [0.25, 0.3) is 0 Å². The fourth-order valence-corrected chi connectivity index (χ4v) is 4.52. The Morgan fingerprint density at radius 1 is 1.16 bits per heavy atom. The van der Waals surface area contributed by atoms with E-state index < -0.39 is 27.7 Å². The minimum absolute atomic E-state index is 0.0245. The molecular weight excluding hydrogens is 442 g/mol. The molecule has 9 heteroatoms. The first-order chi connectivity index (χ1) is 14.6. The van der Waals surface area contributed by atoms with Gasteiger partial charge in [-0.15, -0.1) is 0 Å². The first-order valence-corrected chi connectivity index (χ1v) is 11.6. The number of benzene rings is 2. The van der Waals surface area contributed by atoms with Crippen LogP contribution in [0, 0.1) is 6.92 Å². The summed E-state index contributed by atoms with van der Waals surface area (Å²) in [4.78, 5) is 24.5. The van der Waals surface area contributed by atoms with Gasteiger partial charge >= 0.3 is 11.6 Å². The van der Waals surface area contributed by atoms with Crippen LogP contribution in [0.4, 0.5) is 0 Å². The summed E-state index contributed by atoms with van der Waals surface area (Å²) in [6, 6.07) is 9.43. The minimum Gasteiger partial charge on any atom is -0.424 e. The number of sulfonamides is 1. The van der Waals surface area contributed by atoms with E-state index in [-0.39, 0.29) is 27.7 Å². The Morgan fingerprint density at radius 3 is 2.45 bits per heavy atom. The van der Waals surface area contributed by atoms with Gasteiger partial charge in [0.15, 0.2) is 5.75 Å². The molecule has 0 aliphatic rings. The van der Waals surface area contributed by atoms with Crippen LogP contribution < -0.4 is 15.1 Å². The number of aryl methyl sites for hydroxylation is 2. The number of carbonyl (C=O) groups is 1. The average Bonchev–Trinajstić information content (AvgIpc) is 2.72. The maximum absolute atomic E-state index is 12.7. The normalized spacial score (nSPS) is 12.6. The lowest BCUT2D eigenvalue weighted by Crippen LogP contribution is -2.42. The minimum atomic E-state index is -3.93. The summed E-state index contributed by atoms with van der Waals surface area (Å²) in [6.07, 6.45) is 0.750. The third-order valence-corrected chi connectivity index (χ3v) is 6.58. The molecular formula is C22H22ClNO6S. The van der Waals surface area contributed by atoms with Crippen molar-refractivity contribution < 1.29 is 22.4 Å². The lowest BCUT2D eigenvalue weighted by atomic mass is 10.1. The van der Waals surface area contributed by atoms with E-state index in [1.807, 2.05) is 13.8 Å². The molecule has 0 bridgehead atoms. The molecule has 3 aromatic rings. The zero-order valence-corrected chi connectivity index (χ0v) is 18.8. The number of nitrogens with one attached hydrogen (secondary N) is 1. The molecule has 0 saturated heterocycles. The number of rotatable bonds is 7. The molecule has 1 aromatic heterocycles. The summed E-state index contributed by atoms with van der Waals surface area (Å²) in [5.74, 6) is -0.850. The molecule has 0 aliphatic heterocycles. The van der Waals surface area contributed by atoms with E-state index in [4.69, 9.17) is 20.8 Å². The van der Waals surface area contributed by atoms with Crippen LogP contribution in [0.25, 0.3) is 11.0 Å². The summed E-state index contributed by atoms with van der Waals surface area (Å²) >= 11 is 6.27. The molecule has 0 radical (unpaired) electrons. The van der Waals surface area contributed by atoms with Gasteiger partial charge in [0.05, 0.1) is 9.92 Å². The van der Waals surface area contributed by atoms with E-state index in [0.717, 1.165) is 11.1 Å². The van der Waals surface area contributed by atoms with Crippen LogP contribution in [0.15, 0.2) is 56.6 Å². The molecule has 0 spiro atoms. The molecule has 0 saturated carbocycles. The Labute approximate surface area is 185 Å². The monoisotopic (exact) mass is 463 g/mol. The van der Waals surface area contributed by atoms with E-state index in [9.17, 15) is 18.0 Å². The molecule has 2 aromatic carbocycles. The largest absolute Gasteiger partial charge is 0.424 e. The van der Waals surface area contributed by atoms with Crippen LogP contribution in [0.1, 0.15) is 31.4 Å². The Morgan fingerprint density at radius 2 is 1.84 bits per heavy atom. The molecule has 1 N–H and O–H groups in total. The van der Waals surface area contributed by atoms with Crippen molar-refractivity contribution in [1.82, 2.24) is 4.72 Å². The number of fused-ring (bicyclic) bond motifs is 1. The van der Waals surface area contributed by atoms with E-state index in [0.29, 0.717) is 11.8 Å². The van der Waals surface area contributed by atoms with Gasteiger partial charge in [0.1, 0.15) is 11.6 Å². The molecule has 164 valence electrons. The number of halogens is 1. The number of ether oxygens (including phenoxy) is 1. The average molecular weight is 464 g/mol. The highest BCUT2D eigenvalue weighted by molar-refractivity contribution is 7.89. The first-order valence-electron chi connectivity index (χ1n) is 9.71. The van der Waals surface area contributed by atoms with Gasteiger partial charge in [-0.2, -0.15) is 4.72 Å². The fraction of sp³-hybridized carbons (Fsp3) is 0.273. The number of hydrogen-bond donors (Lipinski definition) is 1. The van der Waals surface area contributed by atoms with E-state index in [1.165, 1.54) is 24.3 Å². The molecule has 0 unspecified atom stereocenters. The van der Waals surface area contributed by atoms with Crippen molar-refractivity contribution in [1.29, 1.82) is 0 Å². The molecule has 31 heavy (non-hydrogen) atoms. The summed E-state index contributed by atoms with van der Waals surface area (Å²) in [7, 11) is -3.93. The second kappa shape index (κ2) is 9.21. The number of carbonyl (C=O) groups excluding carboxylic acids is 1. The van der Waals surface area contributed by atoms with Gasteiger partial charge in [-0.1, -0.05) is 43.1 Å². The SMILES string of the molecule is CCc1cc(=O)oc2cc(OC(=O)[C@H](CC)NS(=O)(=O)c3ccc(C)cc3)c(Cl)cc12. The van der Waals surface area contributed by atoms with Crippen LogP contribution in [0.2, 0.25) is 5.02 Å². The first kappa shape index (κ1) is 23.0. The van der Waals surface area contributed by atoms with E-state index in [1.54, 1.807) is 25.1 Å². The topological polar surface area (TPSA) is 103 Å². The van der Waals surface area contributed by atoms with Gasteiger partial charge in [-0.05, 0) is 43.5 Å². The Balaban J connectivity index is 1.86. The highest BCUT2D eigenvalue weighted by atomic mass is 35.5. The molecule has 3 rings (SSSR count). The Bertz CT molecular complexity index is 1280. The third kappa shape index (κ3) is 5.15. The molecule has 0 aliphatic carbocycles. The second-order valence-electron chi connectivity index (χ2n) is 7.04. The van der Waals surface area contributed by atoms with Crippen molar-refractivity contribution in [3.8, 4) is 5.75 Å². The summed E-state index contributed by atoms with van der Waals surface area (Å²) in [6.45, 7) is 5.38. The summed E-state index contributed by atoms with van der Waals surface area (Å²) in [5.41, 5.74) is 1.36. The van der Waals surface area contributed by atoms with Crippen molar-refractivity contribution in [3.63, 3.8) is 0 Å². The predicted octanol–water partition coefficient (Wildman–Crippen LogP) is 3.98. The Hall–Kier alpha value is -2.68. The molecule has 1 heterocycles. The standard InChI is InChI=1S/C22H22ClNO6S/c1-4-14-10-21(25)29-19-12-20(17(23)11-16(14)19)30-22(26)18(5-2)24-31(27,28)15-8-6-13(3)7-9-15/h6-12,18,24H,4-5H2,1-3H3/t18-/m0/s1. The van der Waals surface area contributed by atoms with Gasteiger partial charge in [0.2, 0.25) is 10.0 Å².